The van der Waals surface area contributed by atoms with Crippen molar-refractivity contribution in [1.29, 1.82) is 0 Å². The van der Waals surface area contributed by atoms with E-state index >= 15 is 0 Å². The lowest BCUT2D eigenvalue weighted by atomic mass is 10.2. The van der Waals surface area contributed by atoms with Crippen molar-refractivity contribution in [3.63, 3.8) is 0 Å². The lowest BCUT2D eigenvalue weighted by molar-refractivity contribution is -0.0501. The SMILES string of the molecule is O=P(OC[C@@H](O)[C@@H](O)c1cnc[nH]1)(OC[C@@H](O)[C@@H](O)c1cnc[nH]1)OC[C@@H](O)[C@@H](O)c1cnc[nH]1. The van der Waals surface area contributed by atoms with E-state index in [1.165, 1.54) is 37.6 Å². The fourth-order valence-electron chi connectivity index (χ4n) is 2.80. The second-order valence-corrected chi connectivity index (χ2v) is 9.06. The quantitative estimate of drug-likeness (QED) is 0.105. The van der Waals surface area contributed by atoms with E-state index in [9.17, 15) is 35.2 Å². The molecule has 0 amide bonds. The van der Waals surface area contributed by atoms with Gasteiger partial charge in [-0.3, -0.25) is 13.6 Å². The number of rotatable bonds is 15. The molecule has 35 heavy (non-hydrogen) atoms. The molecule has 3 heterocycles. The van der Waals surface area contributed by atoms with Gasteiger partial charge in [-0.2, -0.15) is 0 Å². The Balaban J connectivity index is 1.62. The fourth-order valence-corrected chi connectivity index (χ4v) is 4.02. The third-order valence-electron chi connectivity index (χ3n) is 4.82. The lowest BCUT2D eigenvalue weighted by Crippen LogP contribution is -2.28. The molecule has 0 aliphatic carbocycles. The van der Waals surface area contributed by atoms with Crippen molar-refractivity contribution in [2.45, 2.75) is 36.6 Å². The molecule has 6 atom stereocenters. The molecule has 0 saturated heterocycles. The average molecular weight is 518 g/mol. The maximum Gasteiger partial charge on any atom is 0.475 e. The number of aromatic amines is 3. The van der Waals surface area contributed by atoms with Gasteiger partial charge in [0.2, 0.25) is 0 Å². The van der Waals surface area contributed by atoms with Gasteiger partial charge in [0.25, 0.3) is 0 Å². The molecule has 0 aliphatic rings. The third kappa shape index (κ3) is 7.49. The number of aliphatic hydroxyl groups is 6. The van der Waals surface area contributed by atoms with Gasteiger partial charge in [-0.05, 0) is 0 Å². The number of aliphatic hydroxyl groups excluding tert-OH is 6. The van der Waals surface area contributed by atoms with Crippen molar-refractivity contribution in [2.75, 3.05) is 19.8 Å². The normalized spacial score (nSPS) is 17.5. The summed E-state index contributed by atoms with van der Waals surface area (Å²) in [5.74, 6) is 0. The number of aromatic nitrogens is 6. The van der Waals surface area contributed by atoms with Gasteiger partial charge in [0, 0.05) is 0 Å². The highest BCUT2D eigenvalue weighted by atomic mass is 31.2. The van der Waals surface area contributed by atoms with Crippen LogP contribution < -0.4 is 0 Å². The van der Waals surface area contributed by atoms with Crippen LogP contribution >= 0.6 is 7.82 Å². The minimum Gasteiger partial charge on any atom is -0.388 e. The van der Waals surface area contributed by atoms with Gasteiger partial charge in [0.15, 0.2) is 0 Å². The van der Waals surface area contributed by atoms with Gasteiger partial charge >= 0.3 is 7.82 Å². The molecule has 16 nitrogen and oxygen atoms in total. The molecule has 3 rings (SSSR count). The standard InChI is InChI=1S/C18H27N6O10P/c25-13(16(28)10-1-19-7-22-10)4-32-35(31,33-5-14(26)17(29)11-2-20-8-23-11)34-6-15(27)18(30)12-3-21-9-24-12/h1-3,7-9,13-18,25-30H,4-6H2,(H,19,22)(H,20,23)(H,21,24)/t13-,14-,15-,16+,17+,18+/m1/s1. The molecule has 3 aromatic rings. The molecule has 0 fully saturated rings. The number of hydrogen-bond donors (Lipinski definition) is 9. The van der Waals surface area contributed by atoms with Crippen LogP contribution in [0.3, 0.4) is 0 Å². The van der Waals surface area contributed by atoms with Crippen LogP contribution in [-0.2, 0) is 18.1 Å². The maximum atomic E-state index is 13.1. The van der Waals surface area contributed by atoms with E-state index in [0.717, 1.165) is 0 Å². The minimum atomic E-state index is -4.62. The van der Waals surface area contributed by atoms with E-state index in [0.29, 0.717) is 0 Å². The first-order chi connectivity index (χ1) is 16.7. The van der Waals surface area contributed by atoms with E-state index in [4.69, 9.17) is 13.6 Å². The molecular formula is C18H27N6O10P. The van der Waals surface area contributed by atoms with Gasteiger partial charge in [0.05, 0.1) is 74.5 Å². The Labute approximate surface area is 198 Å². The Morgan fingerprint density at radius 3 is 1.14 bits per heavy atom. The van der Waals surface area contributed by atoms with E-state index in [-0.39, 0.29) is 17.1 Å². The number of H-pyrrole nitrogens is 3. The monoisotopic (exact) mass is 518 g/mol. The summed E-state index contributed by atoms with van der Waals surface area (Å²) >= 11 is 0. The molecule has 194 valence electrons. The molecule has 17 heteroatoms. The van der Waals surface area contributed by atoms with Crippen molar-refractivity contribution in [3.8, 4) is 0 Å². The van der Waals surface area contributed by atoms with Crippen LogP contribution in [0.15, 0.2) is 37.6 Å². The zero-order chi connectivity index (χ0) is 25.4. The Kier molecular flexibility index (Phi) is 9.64. The summed E-state index contributed by atoms with van der Waals surface area (Å²) in [5.41, 5.74) is 0.483. The van der Waals surface area contributed by atoms with Gasteiger partial charge in [-0.25, -0.2) is 19.5 Å². The highest BCUT2D eigenvalue weighted by Gasteiger charge is 2.34. The number of imidazole rings is 3. The van der Waals surface area contributed by atoms with Crippen molar-refractivity contribution >= 4 is 7.82 Å². The number of nitrogens with zero attached hydrogens (tertiary/aromatic N) is 3. The van der Waals surface area contributed by atoms with Crippen molar-refractivity contribution in [3.05, 3.63) is 54.7 Å². The summed E-state index contributed by atoms with van der Waals surface area (Å²) in [6, 6.07) is 0. The highest BCUT2D eigenvalue weighted by Crippen LogP contribution is 2.50. The first-order valence-corrected chi connectivity index (χ1v) is 11.7. The second kappa shape index (κ2) is 12.5. The van der Waals surface area contributed by atoms with E-state index in [1.54, 1.807) is 0 Å². The van der Waals surface area contributed by atoms with Crippen LogP contribution in [0.1, 0.15) is 35.4 Å². The van der Waals surface area contributed by atoms with Crippen molar-refractivity contribution in [2.24, 2.45) is 0 Å². The van der Waals surface area contributed by atoms with E-state index in [1.807, 2.05) is 0 Å². The molecule has 0 unspecified atom stereocenters. The molecule has 0 saturated carbocycles. The zero-order valence-electron chi connectivity index (χ0n) is 18.2. The zero-order valence-corrected chi connectivity index (χ0v) is 19.0. The Morgan fingerprint density at radius 1 is 0.629 bits per heavy atom. The van der Waals surface area contributed by atoms with Gasteiger partial charge in [0.1, 0.15) is 36.6 Å². The van der Waals surface area contributed by atoms with Crippen molar-refractivity contribution < 1.29 is 48.8 Å². The first kappa shape index (κ1) is 27.1. The van der Waals surface area contributed by atoms with E-state index in [2.05, 4.69) is 29.9 Å². The van der Waals surface area contributed by atoms with Crippen LogP contribution in [0, 0.1) is 0 Å². The lowest BCUT2D eigenvalue weighted by Gasteiger charge is -2.25. The number of phosphoric acid groups is 1. The van der Waals surface area contributed by atoms with Crippen LogP contribution in [0.5, 0.6) is 0 Å². The summed E-state index contributed by atoms with van der Waals surface area (Å²) in [6.45, 7) is -2.26. The second-order valence-electron chi connectivity index (χ2n) is 7.39. The molecule has 0 spiro atoms. The smallest absolute Gasteiger partial charge is 0.388 e. The Morgan fingerprint density at radius 2 is 0.914 bits per heavy atom. The number of nitrogens with one attached hydrogen (secondary N) is 3. The third-order valence-corrected chi connectivity index (χ3v) is 6.21. The summed E-state index contributed by atoms with van der Waals surface area (Å²) in [5, 5.41) is 60.9. The summed E-state index contributed by atoms with van der Waals surface area (Å²) in [4.78, 5) is 19.0. The fraction of sp³-hybridized carbons (Fsp3) is 0.500. The Hall–Kier alpha value is -2.50. The predicted octanol–water partition coefficient (Wildman–Crippen LogP) is -1.40. The van der Waals surface area contributed by atoms with Gasteiger partial charge in [-0.1, -0.05) is 0 Å². The summed E-state index contributed by atoms with van der Waals surface area (Å²) < 4.78 is 28.4. The molecule has 0 aliphatic heterocycles. The van der Waals surface area contributed by atoms with Crippen LogP contribution in [0.2, 0.25) is 0 Å². The van der Waals surface area contributed by atoms with Crippen LogP contribution in [0.4, 0.5) is 0 Å². The maximum absolute atomic E-state index is 13.1. The molecule has 0 bridgehead atoms. The first-order valence-electron chi connectivity index (χ1n) is 10.3. The van der Waals surface area contributed by atoms with Gasteiger partial charge < -0.3 is 45.6 Å². The topological polar surface area (TPSA) is 252 Å². The Bertz CT molecular complexity index is 892. The highest BCUT2D eigenvalue weighted by molar-refractivity contribution is 7.48. The van der Waals surface area contributed by atoms with Crippen LogP contribution in [-0.4, -0.2) is 98.7 Å². The number of hydrogen-bond acceptors (Lipinski definition) is 13. The molecule has 9 N–H and O–H groups in total. The average Bonchev–Trinajstić information content (AvgIpc) is 3.66. The van der Waals surface area contributed by atoms with Crippen molar-refractivity contribution in [1.82, 2.24) is 29.9 Å². The number of phosphoric ester groups is 1. The minimum absolute atomic E-state index is 0.161. The molecule has 0 radical (unpaired) electrons. The van der Waals surface area contributed by atoms with Crippen LogP contribution in [0.25, 0.3) is 0 Å². The predicted molar refractivity (Wildman–Crippen MR) is 114 cm³/mol. The van der Waals surface area contributed by atoms with Gasteiger partial charge in [-0.15, -0.1) is 0 Å². The molecule has 0 aromatic carbocycles. The molecule has 3 aromatic heterocycles. The van der Waals surface area contributed by atoms with E-state index < -0.39 is 64.3 Å². The molecular weight excluding hydrogens is 491 g/mol. The summed E-state index contributed by atoms with van der Waals surface area (Å²) in [7, 11) is -4.62. The largest absolute Gasteiger partial charge is 0.475 e. The summed E-state index contributed by atoms with van der Waals surface area (Å²) in [6.07, 6.45) is -1.61.